The molecule has 0 saturated heterocycles. The average Bonchev–Trinajstić information content (AvgIpc) is 1.88. The molecular formula is C5F8. The summed E-state index contributed by atoms with van der Waals surface area (Å²) < 4.78 is 95.4. The summed E-state index contributed by atoms with van der Waals surface area (Å²) in [6.07, 6.45) is -0.417. The molecule has 2 radical (unpaired) electrons. The Kier molecular flexibility index (Phi) is 1.69. The lowest BCUT2D eigenvalue weighted by atomic mass is 10.2. The fraction of sp³-hybridized carbons (Fsp3) is 0.800. The van der Waals surface area contributed by atoms with E-state index in [1.165, 1.54) is 0 Å². The molecule has 0 aromatic carbocycles. The number of halogens is 8. The third kappa shape index (κ3) is 0.969. The van der Waals surface area contributed by atoms with Gasteiger partial charge in [0.1, 0.15) is 6.42 Å². The fourth-order valence-corrected chi connectivity index (χ4v) is 0.749. The van der Waals surface area contributed by atoms with Crippen molar-refractivity contribution in [3.8, 4) is 0 Å². The Morgan fingerprint density at radius 1 is 0.538 bits per heavy atom. The molecule has 0 bridgehead atoms. The first-order valence-electron chi connectivity index (χ1n) is 2.76. The Labute approximate surface area is 66.5 Å². The van der Waals surface area contributed by atoms with Crippen molar-refractivity contribution in [2.45, 2.75) is 23.7 Å². The second kappa shape index (κ2) is 2.09. The molecule has 0 heterocycles. The van der Waals surface area contributed by atoms with Gasteiger partial charge in [-0.1, -0.05) is 0 Å². The van der Waals surface area contributed by atoms with Crippen LogP contribution in [0.2, 0.25) is 0 Å². The van der Waals surface area contributed by atoms with Crippen LogP contribution in [0.5, 0.6) is 0 Å². The summed E-state index contributed by atoms with van der Waals surface area (Å²) in [6, 6.07) is 0. The van der Waals surface area contributed by atoms with E-state index in [-0.39, 0.29) is 0 Å². The zero-order valence-electron chi connectivity index (χ0n) is 5.52. The molecule has 1 aliphatic rings. The van der Waals surface area contributed by atoms with E-state index < -0.39 is 30.1 Å². The first-order chi connectivity index (χ1) is 5.46. The molecule has 13 heavy (non-hydrogen) atoms. The highest BCUT2D eigenvalue weighted by Crippen LogP contribution is 2.62. The van der Waals surface area contributed by atoms with E-state index in [1.807, 2.05) is 0 Å². The van der Waals surface area contributed by atoms with Crippen LogP contribution < -0.4 is 0 Å². The van der Waals surface area contributed by atoms with Gasteiger partial charge in [0.2, 0.25) is 0 Å². The molecule has 0 nitrogen and oxygen atoms in total. The van der Waals surface area contributed by atoms with Gasteiger partial charge in [-0.3, -0.25) is 0 Å². The number of hydrogen-bond acceptors (Lipinski definition) is 0. The van der Waals surface area contributed by atoms with Gasteiger partial charge in [-0.15, -0.1) is 0 Å². The monoisotopic (exact) mass is 212 g/mol. The molecule has 0 N–H and O–H groups in total. The Morgan fingerprint density at radius 3 is 0.846 bits per heavy atom. The smallest absolute Gasteiger partial charge is 0.199 e. The third-order valence-corrected chi connectivity index (χ3v) is 1.50. The summed E-state index contributed by atoms with van der Waals surface area (Å²) >= 11 is 0. The van der Waals surface area contributed by atoms with Crippen LogP contribution in [0.1, 0.15) is 0 Å². The lowest BCUT2D eigenvalue weighted by molar-refractivity contribution is -0.303. The third-order valence-electron chi connectivity index (χ3n) is 1.50. The minimum absolute atomic E-state index is 0.417. The van der Waals surface area contributed by atoms with Crippen molar-refractivity contribution in [3.05, 3.63) is 6.42 Å². The Balaban J connectivity index is 3.24. The van der Waals surface area contributed by atoms with E-state index in [1.54, 1.807) is 0 Å². The second-order valence-corrected chi connectivity index (χ2v) is 2.42. The Hall–Kier alpha value is -0.560. The molecule has 1 fully saturated rings. The Bertz CT molecular complexity index is 205. The van der Waals surface area contributed by atoms with Crippen LogP contribution in [0, 0.1) is 6.42 Å². The van der Waals surface area contributed by atoms with Gasteiger partial charge >= 0.3 is 23.7 Å². The predicted octanol–water partition coefficient (Wildman–Crippen LogP) is 2.62. The van der Waals surface area contributed by atoms with Crippen molar-refractivity contribution in [1.29, 1.82) is 0 Å². The van der Waals surface area contributed by atoms with Gasteiger partial charge in [0.15, 0.2) is 0 Å². The van der Waals surface area contributed by atoms with Crippen molar-refractivity contribution >= 4 is 0 Å². The zero-order chi connectivity index (χ0) is 10.7. The summed E-state index contributed by atoms with van der Waals surface area (Å²) in [5, 5.41) is 0. The molecule has 1 rings (SSSR count). The summed E-state index contributed by atoms with van der Waals surface area (Å²) in [7, 11) is 0. The van der Waals surface area contributed by atoms with Crippen molar-refractivity contribution < 1.29 is 35.1 Å². The van der Waals surface area contributed by atoms with Crippen LogP contribution in [0.15, 0.2) is 0 Å². The minimum atomic E-state index is -6.11. The standard InChI is InChI=1S/C5F8/c6-2(7)1-3(8,9)5(12,13)4(2,10)11. The highest BCUT2D eigenvalue weighted by molar-refractivity contribution is 5.23. The summed E-state index contributed by atoms with van der Waals surface area (Å²) in [4.78, 5) is 0. The molecule has 0 amide bonds. The van der Waals surface area contributed by atoms with Gasteiger partial charge in [-0.2, -0.15) is 35.1 Å². The molecule has 0 aromatic rings. The van der Waals surface area contributed by atoms with Crippen LogP contribution >= 0.6 is 0 Å². The maximum Gasteiger partial charge on any atom is 0.379 e. The second-order valence-electron chi connectivity index (χ2n) is 2.42. The van der Waals surface area contributed by atoms with Crippen molar-refractivity contribution in [2.75, 3.05) is 0 Å². The predicted molar refractivity (Wildman–Crippen MR) is 23.0 cm³/mol. The molecule has 0 unspecified atom stereocenters. The number of rotatable bonds is 0. The zero-order valence-corrected chi connectivity index (χ0v) is 5.52. The molecule has 0 aromatic heterocycles. The fourth-order valence-electron chi connectivity index (χ4n) is 0.749. The number of hydrogen-bond donors (Lipinski definition) is 0. The van der Waals surface area contributed by atoms with Crippen molar-refractivity contribution in [3.63, 3.8) is 0 Å². The minimum Gasteiger partial charge on any atom is -0.199 e. The molecule has 0 atom stereocenters. The normalized spacial score (nSPS) is 33.2. The maximum atomic E-state index is 12.0. The van der Waals surface area contributed by atoms with Crippen molar-refractivity contribution in [2.24, 2.45) is 0 Å². The average molecular weight is 212 g/mol. The molecule has 76 valence electrons. The van der Waals surface area contributed by atoms with E-state index in [9.17, 15) is 35.1 Å². The van der Waals surface area contributed by atoms with Crippen LogP contribution in [0.4, 0.5) is 35.1 Å². The molecular weight excluding hydrogens is 212 g/mol. The van der Waals surface area contributed by atoms with Gasteiger partial charge in [-0.05, 0) is 0 Å². The summed E-state index contributed by atoms with van der Waals surface area (Å²) in [5.41, 5.74) is 0. The first kappa shape index (κ1) is 10.5. The van der Waals surface area contributed by atoms with Crippen LogP contribution in [0.25, 0.3) is 0 Å². The highest BCUT2D eigenvalue weighted by Gasteiger charge is 2.89. The van der Waals surface area contributed by atoms with Gasteiger partial charge < -0.3 is 0 Å². The highest BCUT2D eigenvalue weighted by atomic mass is 19.4. The van der Waals surface area contributed by atoms with E-state index >= 15 is 0 Å². The van der Waals surface area contributed by atoms with Crippen LogP contribution in [-0.4, -0.2) is 23.7 Å². The summed E-state index contributed by atoms with van der Waals surface area (Å²) in [5.74, 6) is -23.5. The SMILES string of the molecule is FC1(F)[C]C(F)(F)C(F)(F)C1(F)F. The first-order valence-corrected chi connectivity index (χ1v) is 2.76. The van der Waals surface area contributed by atoms with E-state index in [0.29, 0.717) is 0 Å². The number of alkyl halides is 8. The van der Waals surface area contributed by atoms with Gasteiger partial charge in [0, 0.05) is 0 Å². The molecule has 1 saturated carbocycles. The lowest BCUT2D eigenvalue weighted by Gasteiger charge is -2.23. The van der Waals surface area contributed by atoms with E-state index in [0.717, 1.165) is 0 Å². The van der Waals surface area contributed by atoms with Crippen molar-refractivity contribution in [1.82, 2.24) is 0 Å². The largest absolute Gasteiger partial charge is 0.379 e. The Morgan fingerprint density at radius 2 is 0.769 bits per heavy atom. The van der Waals surface area contributed by atoms with Crippen LogP contribution in [-0.2, 0) is 0 Å². The van der Waals surface area contributed by atoms with Crippen LogP contribution in [0.3, 0.4) is 0 Å². The molecule has 0 spiro atoms. The summed E-state index contributed by atoms with van der Waals surface area (Å²) in [6.45, 7) is 0. The molecule has 0 aliphatic heterocycles. The van der Waals surface area contributed by atoms with E-state index in [4.69, 9.17) is 0 Å². The van der Waals surface area contributed by atoms with Gasteiger partial charge in [0.25, 0.3) is 0 Å². The topological polar surface area (TPSA) is 0 Å². The quantitative estimate of drug-likeness (QED) is 0.541. The maximum absolute atomic E-state index is 12.0. The van der Waals surface area contributed by atoms with Gasteiger partial charge in [0.05, 0.1) is 0 Å². The van der Waals surface area contributed by atoms with E-state index in [2.05, 4.69) is 0 Å². The molecule has 1 aliphatic carbocycles. The van der Waals surface area contributed by atoms with Gasteiger partial charge in [-0.25, -0.2) is 0 Å². The molecule has 8 heteroatoms. The lowest BCUT2D eigenvalue weighted by Crippen LogP contribution is -2.51.